The van der Waals surface area contributed by atoms with E-state index in [0.717, 1.165) is 19.6 Å². The Morgan fingerprint density at radius 2 is 2.47 bits per heavy atom. The highest BCUT2D eigenvalue weighted by atomic mass is 16.5. The van der Waals surface area contributed by atoms with E-state index in [-0.39, 0.29) is 11.9 Å². The number of esters is 1. The van der Waals surface area contributed by atoms with E-state index in [9.17, 15) is 4.79 Å². The highest BCUT2D eigenvalue weighted by molar-refractivity contribution is 5.71. The molecule has 0 saturated carbocycles. The van der Waals surface area contributed by atoms with Crippen LogP contribution in [0.1, 0.15) is 26.2 Å². The summed E-state index contributed by atoms with van der Waals surface area (Å²) in [5, 5.41) is 3.25. The molecule has 0 aliphatic carbocycles. The first-order valence-electron chi connectivity index (χ1n) is 5.64. The predicted octanol–water partition coefficient (Wildman–Crippen LogP) is 0.954. The van der Waals surface area contributed by atoms with Gasteiger partial charge in [0.25, 0.3) is 0 Å². The molecule has 0 amide bonds. The SMILES string of the molecule is COC(=O)C(C)CNCCC1CCCO1. The summed E-state index contributed by atoms with van der Waals surface area (Å²) in [6.45, 7) is 4.36. The molecule has 0 aromatic carbocycles. The molecule has 1 rings (SSSR count). The van der Waals surface area contributed by atoms with E-state index in [1.165, 1.54) is 20.0 Å². The van der Waals surface area contributed by atoms with Gasteiger partial charge in [0.05, 0.1) is 19.1 Å². The van der Waals surface area contributed by atoms with Crippen molar-refractivity contribution in [1.29, 1.82) is 0 Å². The van der Waals surface area contributed by atoms with Gasteiger partial charge in [-0.15, -0.1) is 0 Å². The largest absolute Gasteiger partial charge is 0.469 e. The minimum atomic E-state index is -0.153. The standard InChI is InChI=1S/C11H21NO3/c1-9(11(13)14-2)8-12-6-5-10-4-3-7-15-10/h9-10,12H,3-8H2,1-2H3. The van der Waals surface area contributed by atoms with Gasteiger partial charge >= 0.3 is 5.97 Å². The molecule has 4 heteroatoms. The van der Waals surface area contributed by atoms with Crippen LogP contribution in [-0.4, -0.2) is 38.9 Å². The van der Waals surface area contributed by atoms with Gasteiger partial charge in [0.1, 0.15) is 0 Å². The summed E-state index contributed by atoms with van der Waals surface area (Å²) in [5.74, 6) is -0.223. The molecule has 2 atom stereocenters. The Bertz CT molecular complexity index is 190. The molecule has 1 N–H and O–H groups in total. The van der Waals surface area contributed by atoms with Crippen molar-refractivity contribution in [1.82, 2.24) is 5.32 Å². The number of nitrogens with one attached hydrogen (secondary N) is 1. The zero-order valence-corrected chi connectivity index (χ0v) is 9.62. The molecular weight excluding hydrogens is 194 g/mol. The van der Waals surface area contributed by atoms with Gasteiger partial charge in [-0.25, -0.2) is 0 Å². The van der Waals surface area contributed by atoms with Crippen LogP contribution >= 0.6 is 0 Å². The van der Waals surface area contributed by atoms with E-state index >= 15 is 0 Å². The van der Waals surface area contributed by atoms with E-state index < -0.39 is 0 Å². The van der Waals surface area contributed by atoms with Crippen LogP contribution in [0.3, 0.4) is 0 Å². The van der Waals surface area contributed by atoms with Crippen LogP contribution in [0.15, 0.2) is 0 Å². The Labute approximate surface area is 91.3 Å². The molecule has 0 aromatic rings. The molecule has 1 heterocycles. The van der Waals surface area contributed by atoms with Crippen molar-refractivity contribution in [2.45, 2.75) is 32.3 Å². The molecule has 1 saturated heterocycles. The maximum absolute atomic E-state index is 11.1. The average Bonchev–Trinajstić information content (AvgIpc) is 2.75. The summed E-state index contributed by atoms with van der Waals surface area (Å²) in [4.78, 5) is 11.1. The van der Waals surface area contributed by atoms with Gasteiger partial charge in [0, 0.05) is 13.2 Å². The lowest BCUT2D eigenvalue weighted by molar-refractivity contribution is -0.144. The van der Waals surface area contributed by atoms with Crippen molar-refractivity contribution in [3.63, 3.8) is 0 Å². The van der Waals surface area contributed by atoms with E-state index in [4.69, 9.17) is 4.74 Å². The van der Waals surface area contributed by atoms with Crippen LogP contribution in [0.2, 0.25) is 0 Å². The Morgan fingerprint density at radius 1 is 1.67 bits per heavy atom. The Hall–Kier alpha value is -0.610. The van der Waals surface area contributed by atoms with E-state index in [1.54, 1.807) is 0 Å². The lowest BCUT2D eigenvalue weighted by Gasteiger charge is -2.12. The number of hydrogen-bond donors (Lipinski definition) is 1. The zero-order chi connectivity index (χ0) is 11.1. The molecule has 1 fully saturated rings. The lowest BCUT2D eigenvalue weighted by atomic mass is 10.1. The van der Waals surface area contributed by atoms with Gasteiger partial charge in [0.15, 0.2) is 0 Å². The summed E-state index contributed by atoms with van der Waals surface area (Å²) in [6, 6.07) is 0. The minimum Gasteiger partial charge on any atom is -0.469 e. The van der Waals surface area contributed by atoms with Crippen molar-refractivity contribution >= 4 is 5.97 Å². The molecule has 4 nitrogen and oxygen atoms in total. The van der Waals surface area contributed by atoms with Crippen LogP contribution in [-0.2, 0) is 14.3 Å². The molecule has 15 heavy (non-hydrogen) atoms. The number of methoxy groups -OCH3 is 1. The highest BCUT2D eigenvalue weighted by Gasteiger charge is 2.15. The second kappa shape index (κ2) is 6.80. The topological polar surface area (TPSA) is 47.6 Å². The van der Waals surface area contributed by atoms with Crippen LogP contribution in [0.4, 0.5) is 0 Å². The predicted molar refractivity (Wildman–Crippen MR) is 57.6 cm³/mol. The van der Waals surface area contributed by atoms with E-state index in [0.29, 0.717) is 12.6 Å². The molecule has 0 radical (unpaired) electrons. The third-order valence-electron chi connectivity index (χ3n) is 2.72. The molecule has 1 aliphatic rings. The number of rotatable bonds is 6. The summed E-state index contributed by atoms with van der Waals surface area (Å²) in [5.41, 5.74) is 0. The first-order valence-corrected chi connectivity index (χ1v) is 5.64. The van der Waals surface area contributed by atoms with Gasteiger partial charge < -0.3 is 14.8 Å². The molecular formula is C11H21NO3. The van der Waals surface area contributed by atoms with Crippen LogP contribution in [0.5, 0.6) is 0 Å². The van der Waals surface area contributed by atoms with Crippen molar-refractivity contribution in [3.8, 4) is 0 Å². The normalized spacial score (nSPS) is 22.7. The summed E-state index contributed by atoms with van der Waals surface area (Å²) in [6.07, 6.45) is 3.82. The minimum absolute atomic E-state index is 0.0699. The summed E-state index contributed by atoms with van der Waals surface area (Å²) in [7, 11) is 1.42. The van der Waals surface area contributed by atoms with Gasteiger partial charge in [-0.2, -0.15) is 0 Å². The average molecular weight is 215 g/mol. The quantitative estimate of drug-likeness (QED) is 0.529. The van der Waals surface area contributed by atoms with Crippen LogP contribution in [0, 0.1) is 5.92 Å². The van der Waals surface area contributed by atoms with Gasteiger partial charge in [-0.3, -0.25) is 4.79 Å². The second-order valence-electron chi connectivity index (χ2n) is 4.05. The number of hydrogen-bond acceptors (Lipinski definition) is 4. The molecule has 0 aromatic heterocycles. The fraction of sp³-hybridized carbons (Fsp3) is 0.909. The third kappa shape index (κ3) is 4.62. The van der Waals surface area contributed by atoms with Crippen LogP contribution < -0.4 is 5.32 Å². The number of carbonyl (C=O) groups is 1. The van der Waals surface area contributed by atoms with Gasteiger partial charge in [0.2, 0.25) is 0 Å². The molecule has 88 valence electrons. The van der Waals surface area contributed by atoms with Crippen molar-refractivity contribution in [3.05, 3.63) is 0 Å². The molecule has 2 unspecified atom stereocenters. The van der Waals surface area contributed by atoms with E-state index in [1.807, 2.05) is 6.92 Å². The second-order valence-corrected chi connectivity index (χ2v) is 4.05. The Balaban J connectivity index is 1.98. The van der Waals surface area contributed by atoms with Crippen molar-refractivity contribution in [2.24, 2.45) is 5.92 Å². The fourth-order valence-electron chi connectivity index (χ4n) is 1.74. The van der Waals surface area contributed by atoms with Gasteiger partial charge in [-0.05, 0) is 25.8 Å². The molecule has 0 bridgehead atoms. The first kappa shape index (κ1) is 12.5. The Morgan fingerprint density at radius 3 is 3.07 bits per heavy atom. The highest BCUT2D eigenvalue weighted by Crippen LogP contribution is 2.14. The summed E-state index contributed by atoms with van der Waals surface area (Å²) < 4.78 is 10.1. The fourth-order valence-corrected chi connectivity index (χ4v) is 1.74. The lowest BCUT2D eigenvalue weighted by Crippen LogP contribution is -2.29. The third-order valence-corrected chi connectivity index (χ3v) is 2.72. The van der Waals surface area contributed by atoms with Gasteiger partial charge in [-0.1, -0.05) is 6.92 Å². The number of ether oxygens (including phenoxy) is 2. The summed E-state index contributed by atoms with van der Waals surface area (Å²) >= 11 is 0. The number of carbonyl (C=O) groups excluding carboxylic acids is 1. The van der Waals surface area contributed by atoms with E-state index in [2.05, 4.69) is 10.1 Å². The van der Waals surface area contributed by atoms with Crippen molar-refractivity contribution in [2.75, 3.05) is 26.8 Å². The maximum atomic E-state index is 11.1. The first-order chi connectivity index (χ1) is 7.24. The zero-order valence-electron chi connectivity index (χ0n) is 9.62. The van der Waals surface area contributed by atoms with Crippen LogP contribution in [0.25, 0.3) is 0 Å². The van der Waals surface area contributed by atoms with Crippen molar-refractivity contribution < 1.29 is 14.3 Å². The monoisotopic (exact) mass is 215 g/mol. The smallest absolute Gasteiger partial charge is 0.309 e. The molecule has 0 spiro atoms. The molecule has 1 aliphatic heterocycles. The maximum Gasteiger partial charge on any atom is 0.309 e. The Kier molecular flexibility index (Phi) is 5.65.